The van der Waals surface area contributed by atoms with Gasteiger partial charge in [0.15, 0.2) is 0 Å². The summed E-state index contributed by atoms with van der Waals surface area (Å²) in [5.74, 6) is 0. The van der Waals surface area contributed by atoms with Crippen LogP contribution in [-0.4, -0.2) is 0 Å². The molecular formula is C19H18N2. The molecule has 0 amide bonds. The maximum atomic E-state index is 9.49. The summed E-state index contributed by atoms with van der Waals surface area (Å²) in [5, 5.41) is 18.9. The predicted octanol–water partition coefficient (Wildman–Crippen LogP) is 4.83. The van der Waals surface area contributed by atoms with E-state index < -0.39 is 0 Å². The first-order valence-corrected chi connectivity index (χ1v) is 7.33. The van der Waals surface area contributed by atoms with E-state index in [2.05, 4.69) is 19.1 Å². The lowest BCUT2D eigenvalue weighted by Crippen LogP contribution is -1.97. The molecule has 2 heteroatoms. The van der Waals surface area contributed by atoms with E-state index in [1.165, 1.54) is 0 Å². The minimum absolute atomic E-state index is 0.498. The van der Waals surface area contributed by atoms with Crippen molar-refractivity contribution in [2.75, 3.05) is 0 Å². The molecule has 0 aliphatic rings. The van der Waals surface area contributed by atoms with Crippen molar-refractivity contribution in [3.63, 3.8) is 0 Å². The summed E-state index contributed by atoms with van der Waals surface area (Å²) in [6.07, 6.45) is 4.21. The predicted molar refractivity (Wildman–Crippen MR) is 84.5 cm³/mol. The third kappa shape index (κ3) is 3.30. The van der Waals surface area contributed by atoms with E-state index in [1.807, 2.05) is 42.5 Å². The second-order valence-corrected chi connectivity index (χ2v) is 5.07. The van der Waals surface area contributed by atoms with Crippen LogP contribution in [-0.2, 0) is 6.42 Å². The molecule has 0 atom stereocenters. The molecule has 0 spiro atoms. The highest BCUT2D eigenvalue weighted by atomic mass is 14.3. The largest absolute Gasteiger partial charge is 0.192 e. The Labute approximate surface area is 126 Å². The fourth-order valence-electron chi connectivity index (χ4n) is 2.52. The van der Waals surface area contributed by atoms with Crippen molar-refractivity contribution in [3.8, 4) is 23.3 Å². The molecule has 104 valence electrons. The van der Waals surface area contributed by atoms with E-state index >= 15 is 0 Å². The summed E-state index contributed by atoms with van der Waals surface area (Å²) in [6, 6.07) is 18.2. The fraction of sp³-hybridized carbons (Fsp3) is 0.263. The highest BCUT2D eigenvalue weighted by molar-refractivity contribution is 5.74. The maximum Gasteiger partial charge on any atom is 0.101 e. The molecule has 0 saturated carbocycles. The Balaban J connectivity index is 2.47. The van der Waals surface area contributed by atoms with Gasteiger partial charge in [-0.1, -0.05) is 62.2 Å². The molecule has 0 aliphatic heterocycles. The van der Waals surface area contributed by atoms with E-state index in [-0.39, 0.29) is 0 Å². The van der Waals surface area contributed by atoms with Crippen LogP contribution in [0.15, 0.2) is 42.5 Å². The minimum atomic E-state index is 0.498. The van der Waals surface area contributed by atoms with Gasteiger partial charge < -0.3 is 0 Å². The molecule has 2 aromatic rings. The average molecular weight is 274 g/mol. The summed E-state index contributed by atoms with van der Waals surface area (Å²) >= 11 is 0. The van der Waals surface area contributed by atoms with Crippen molar-refractivity contribution in [3.05, 3.63) is 59.2 Å². The summed E-state index contributed by atoms with van der Waals surface area (Å²) in [6.45, 7) is 2.16. The second kappa shape index (κ2) is 7.27. The van der Waals surface area contributed by atoms with Crippen molar-refractivity contribution in [1.82, 2.24) is 0 Å². The first-order chi connectivity index (χ1) is 10.3. The van der Waals surface area contributed by atoms with Crippen molar-refractivity contribution in [2.45, 2.75) is 32.6 Å². The fourth-order valence-corrected chi connectivity index (χ4v) is 2.52. The molecule has 0 saturated heterocycles. The lowest BCUT2D eigenvalue weighted by molar-refractivity contribution is 0.716. The van der Waals surface area contributed by atoms with Crippen LogP contribution in [0, 0.1) is 22.7 Å². The van der Waals surface area contributed by atoms with Gasteiger partial charge in [0.2, 0.25) is 0 Å². The molecule has 0 aliphatic carbocycles. The Hall–Kier alpha value is -2.58. The molecule has 21 heavy (non-hydrogen) atoms. The van der Waals surface area contributed by atoms with Crippen molar-refractivity contribution in [1.29, 1.82) is 10.5 Å². The summed E-state index contributed by atoms with van der Waals surface area (Å²) in [7, 11) is 0. The number of benzene rings is 2. The number of unbranched alkanes of at least 4 members (excludes halogenated alkanes) is 2. The van der Waals surface area contributed by atoms with Gasteiger partial charge in [0, 0.05) is 5.56 Å². The van der Waals surface area contributed by atoms with Gasteiger partial charge in [-0.15, -0.1) is 0 Å². The van der Waals surface area contributed by atoms with Gasteiger partial charge in [-0.25, -0.2) is 0 Å². The average Bonchev–Trinajstić information content (AvgIpc) is 2.55. The van der Waals surface area contributed by atoms with Gasteiger partial charge in [-0.3, -0.25) is 0 Å². The molecule has 0 radical (unpaired) electrons. The minimum Gasteiger partial charge on any atom is -0.192 e. The lowest BCUT2D eigenvalue weighted by atomic mass is 9.91. The Morgan fingerprint density at radius 3 is 2.19 bits per heavy atom. The molecule has 2 rings (SSSR count). The Kier molecular flexibility index (Phi) is 5.13. The smallest absolute Gasteiger partial charge is 0.101 e. The molecule has 2 nitrogen and oxygen atoms in total. The van der Waals surface area contributed by atoms with Crippen LogP contribution in [0.2, 0.25) is 0 Å². The first-order valence-electron chi connectivity index (χ1n) is 7.33. The molecule has 0 heterocycles. The van der Waals surface area contributed by atoms with Gasteiger partial charge in [0.05, 0.1) is 11.1 Å². The van der Waals surface area contributed by atoms with Crippen molar-refractivity contribution >= 4 is 0 Å². The van der Waals surface area contributed by atoms with Crippen molar-refractivity contribution in [2.24, 2.45) is 0 Å². The molecule has 0 N–H and O–H groups in total. The normalized spacial score (nSPS) is 9.86. The molecule has 0 aromatic heterocycles. The van der Waals surface area contributed by atoms with E-state index in [1.54, 1.807) is 0 Å². The lowest BCUT2D eigenvalue weighted by Gasteiger charge is -2.10. The summed E-state index contributed by atoms with van der Waals surface area (Å²) in [4.78, 5) is 0. The summed E-state index contributed by atoms with van der Waals surface area (Å²) in [5.41, 5.74) is 3.84. The van der Waals surface area contributed by atoms with E-state index in [0.29, 0.717) is 11.1 Å². The van der Waals surface area contributed by atoms with Gasteiger partial charge in [0.1, 0.15) is 12.1 Å². The third-order valence-electron chi connectivity index (χ3n) is 3.65. The molecule has 0 fully saturated rings. The number of rotatable bonds is 5. The molecule has 0 unspecified atom stereocenters. The van der Waals surface area contributed by atoms with Crippen LogP contribution in [0.5, 0.6) is 0 Å². The van der Waals surface area contributed by atoms with Crippen LogP contribution < -0.4 is 0 Å². The highest BCUT2D eigenvalue weighted by Gasteiger charge is 2.14. The van der Waals surface area contributed by atoms with Gasteiger partial charge in [-0.2, -0.15) is 10.5 Å². The Morgan fingerprint density at radius 1 is 0.857 bits per heavy atom. The number of hydrogen-bond acceptors (Lipinski definition) is 2. The zero-order chi connectivity index (χ0) is 15.1. The zero-order valence-electron chi connectivity index (χ0n) is 12.3. The van der Waals surface area contributed by atoms with Gasteiger partial charge in [-0.05, 0) is 24.0 Å². The van der Waals surface area contributed by atoms with E-state index in [4.69, 9.17) is 0 Å². The standard InChI is InChI=1S/C19H18N2/c1-2-3-5-8-16-11-12-17(15-9-6-4-7-10-15)19(14-21)18(16)13-20/h4,6-7,9-12H,2-3,5,8H2,1H3. The van der Waals surface area contributed by atoms with Crippen LogP contribution in [0.3, 0.4) is 0 Å². The quantitative estimate of drug-likeness (QED) is 0.733. The SMILES string of the molecule is CCCCCc1ccc(-c2ccccc2)c(C#N)c1C#N. The number of aryl methyl sites for hydroxylation is 1. The van der Waals surface area contributed by atoms with E-state index in [0.717, 1.165) is 42.4 Å². The first kappa shape index (κ1) is 14.8. The zero-order valence-corrected chi connectivity index (χ0v) is 12.3. The third-order valence-corrected chi connectivity index (χ3v) is 3.65. The van der Waals surface area contributed by atoms with Crippen LogP contribution in [0.25, 0.3) is 11.1 Å². The van der Waals surface area contributed by atoms with Gasteiger partial charge in [0.25, 0.3) is 0 Å². The Morgan fingerprint density at radius 2 is 1.57 bits per heavy atom. The maximum absolute atomic E-state index is 9.49. The van der Waals surface area contributed by atoms with Crippen LogP contribution >= 0.6 is 0 Å². The Bertz CT molecular complexity index is 688. The highest BCUT2D eigenvalue weighted by Crippen LogP contribution is 2.28. The van der Waals surface area contributed by atoms with Gasteiger partial charge >= 0.3 is 0 Å². The van der Waals surface area contributed by atoms with Crippen molar-refractivity contribution < 1.29 is 0 Å². The van der Waals surface area contributed by atoms with Crippen LogP contribution in [0.4, 0.5) is 0 Å². The number of hydrogen-bond donors (Lipinski definition) is 0. The number of nitrogens with zero attached hydrogens (tertiary/aromatic N) is 2. The number of nitriles is 2. The second-order valence-electron chi connectivity index (χ2n) is 5.07. The molecule has 0 bridgehead atoms. The topological polar surface area (TPSA) is 47.6 Å². The molecule has 2 aromatic carbocycles. The molecular weight excluding hydrogens is 256 g/mol. The van der Waals surface area contributed by atoms with Crippen LogP contribution in [0.1, 0.15) is 42.9 Å². The monoisotopic (exact) mass is 274 g/mol. The summed E-state index contributed by atoms with van der Waals surface area (Å²) < 4.78 is 0. The van der Waals surface area contributed by atoms with E-state index in [9.17, 15) is 10.5 Å².